The number of aromatic nitrogens is 4. The minimum atomic E-state index is -0.320. The van der Waals surface area contributed by atoms with Crippen LogP contribution in [0.3, 0.4) is 0 Å². The molecule has 0 saturated carbocycles. The van der Waals surface area contributed by atoms with Gasteiger partial charge in [0.15, 0.2) is 0 Å². The average molecular weight is 397 g/mol. The van der Waals surface area contributed by atoms with Crippen molar-refractivity contribution in [3.63, 3.8) is 0 Å². The number of rotatable bonds is 5. The van der Waals surface area contributed by atoms with Gasteiger partial charge in [-0.15, -0.1) is 0 Å². The van der Waals surface area contributed by atoms with E-state index in [4.69, 9.17) is 9.47 Å². The number of piperidine rings is 1. The number of methoxy groups -OCH3 is 1. The topological polar surface area (TPSA) is 93.2 Å². The lowest BCUT2D eigenvalue weighted by Gasteiger charge is -2.32. The minimum Gasteiger partial charge on any atom is -0.477 e. The number of hydrogen-bond donors (Lipinski definition) is 1. The first-order chi connectivity index (χ1) is 14.1. The molecule has 29 heavy (non-hydrogen) atoms. The fourth-order valence-electron chi connectivity index (χ4n) is 3.28. The summed E-state index contributed by atoms with van der Waals surface area (Å²) in [5.74, 6) is 0.146. The van der Waals surface area contributed by atoms with Crippen molar-refractivity contribution in [1.82, 2.24) is 25.1 Å². The molecule has 1 amide bonds. The number of aromatic amines is 1. The van der Waals surface area contributed by atoms with E-state index in [2.05, 4.69) is 20.2 Å². The molecule has 0 spiro atoms. The molecule has 1 fully saturated rings. The van der Waals surface area contributed by atoms with E-state index in [1.807, 2.05) is 0 Å². The molecule has 1 aliphatic rings. The first kappa shape index (κ1) is 18.9. The van der Waals surface area contributed by atoms with Gasteiger partial charge in [-0.3, -0.25) is 9.89 Å². The minimum absolute atomic E-state index is 0.162. The van der Waals surface area contributed by atoms with Crippen LogP contribution in [0.1, 0.15) is 23.3 Å². The molecule has 4 rings (SSSR count). The molecule has 1 N–H and O–H groups in total. The lowest BCUT2D eigenvalue weighted by atomic mass is 10.1. The second kappa shape index (κ2) is 8.26. The Balaban J connectivity index is 1.44. The largest absolute Gasteiger partial charge is 0.477 e. The van der Waals surface area contributed by atoms with Gasteiger partial charge in [0.05, 0.1) is 19.3 Å². The number of H-pyrrole nitrogens is 1. The highest BCUT2D eigenvalue weighted by Gasteiger charge is 2.28. The van der Waals surface area contributed by atoms with Crippen LogP contribution in [-0.4, -0.2) is 57.3 Å². The zero-order chi connectivity index (χ0) is 20.2. The molecule has 150 valence electrons. The second-order valence-electron chi connectivity index (χ2n) is 6.68. The number of carbonyl (C=O) groups is 1. The van der Waals surface area contributed by atoms with Crippen LogP contribution in [0.25, 0.3) is 11.3 Å². The molecule has 0 radical (unpaired) electrons. The van der Waals surface area contributed by atoms with Gasteiger partial charge in [-0.1, -0.05) is 0 Å². The van der Waals surface area contributed by atoms with Crippen molar-refractivity contribution in [3.8, 4) is 23.0 Å². The Labute approximate surface area is 166 Å². The molecule has 1 aromatic carbocycles. The summed E-state index contributed by atoms with van der Waals surface area (Å²) in [5, 5.41) is 6.96. The fourth-order valence-corrected chi connectivity index (χ4v) is 3.28. The van der Waals surface area contributed by atoms with E-state index in [1.54, 1.807) is 23.1 Å². The maximum absolute atomic E-state index is 13.1. The third kappa shape index (κ3) is 4.18. The zero-order valence-corrected chi connectivity index (χ0v) is 15.8. The van der Waals surface area contributed by atoms with Crippen LogP contribution in [0, 0.1) is 5.82 Å². The van der Waals surface area contributed by atoms with Crippen molar-refractivity contribution < 1.29 is 18.7 Å². The number of carbonyl (C=O) groups excluding carboxylic acids is 1. The highest BCUT2D eigenvalue weighted by Crippen LogP contribution is 2.25. The quantitative estimate of drug-likeness (QED) is 0.712. The predicted octanol–water partition coefficient (Wildman–Crippen LogP) is 2.70. The van der Waals surface area contributed by atoms with Gasteiger partial charge >= 0.3 is 0 Å². The van der Waals surface area contributed by atoms with Crippen molar-refractivity contribution >= 4 is 5.91 Å². The van der Waals surface area contributed by atoms with Crippen LogP contribution in [0.5, 0.6) is 11.8 Å². The molecular formula is C20H20FN5O3. The van der Waals surface area contributed by atoms with Gasteiger partial charge in [0.25, 0.3) is 17.7 Å². The first-order valence-corrected chi connectivity index (χ1v) is 9.26. The van der Waals surface area contributed by atoms with E-state index in [0.29, 0.717) is 36.2 Å². The predicted molar refractivity (Wildman–Crippen MR) is 102 cm³/mol. The fraction of sp³-hybridized carbons (Fsp3) is 0.300. The number of benzene rings is 1. The molecule has 2 aromatic heterocycles. The van der Waals surface area contributed by atoms with E-state index in [9.17, 15) is 9.18 Å². The van der Waals surface area contributed by atoms with Crippen LogP contribution in [0.15, 0.2) is 42.7 Å². The van der Waals surface area contributed by atoms with Crippen LogP contribution in [0.2, 0.25) is 0 Å². The number of likely N-dealkylation sites (tertiary alicyclic amines) is 1. The summed E-state index contributed by atoms with van der Waals surface area (Å²) in [6.45, 7) is 1.05. The summed E-state index contributed by atoms with van der Waals surface area (Å²) in [5.41, 5.74) is 1.70. The Hall–Kier alpha value is -3.49. The van der Waals surface area contributed by atoms with E-state index in [0.717, 1.165) is 18.4 Å². The zero-order valence-electron chi connectivity index (χ0n) is 15.8. The number of amides is 1. The molecule has 1 unspecified atom stereocenters. The average Bonchev–Trinajstić information content (AvgIpc) is 3.24. The van der Waals surface area contributed by atoms with Crippen LogP contribution in [0.4, 0.5) is 4.39 Å². The van der Waals surface area contributed by atoms with E-state index in [-0.39, 0.29) is 17.8 Å². The second-order valence-corrected chi connectivity index (χ2v) is 6.68. The van der Waals surface area contributed by atoms with E-state index < -0.39 is 0 Å². The summed E-state index contributed by atoms with van der Waals surface area (Å²) >= 11 is 0. The lowest BCUT2D eigenvalue weighted by molar-refractivity contribution is 0.0514. The van der Waals surface area contributed by atoms with Gasteiger partial charge < -0.3 is 14.4 Å². The molecule has 3 aromatic rings. The molecule has 1 atom stereocenters. The molecule has 3 heterocycles. The third-order valence-corrected chi connectivity index (χ3v) is 4.72. The van der Waals surface area contributed by atoms with Crippen molar-refractivity contribution in [1.29, 1.82) is 0 Å². The highest BCUT2D eigenvalue weighted by atomic mass is 19.1. The number of ether oxygens (including phenoxy) is 2. The number of halogens is 1. The van der Waals surface area contributed by atoms with Gasteiger partial charge in [0, 0.05) is 24.5 Å². The van der Waals surface area contributed by atoms with E-state index >= 15 is 0 Å². The summed E-state index contributed by atoms with van der Waals surface area (Å²) in [7, 11) is 1.50. The van der Waals surface area contributed by atoms with Crippen LogP contribution >= 0.6 is 0 Å². The molecule has 0 aliphatic carbocycles. The number of nitrogens with zero attached hydrogens (tertiary/aromatic N) is 4. The lowest BCUT2D eigenvalue weighted by Crippen LogP contribution is -2.44. The van der Waals surface area contributed by atoms with Crippen LogP contribution < -0.4 is 9.47 Å². The van der Waals surface area contributed by atoms with Crippen molar-refractivity contribution in [3.05, 3.63) is 54.2 Å². The van der Waals surface area contributed by atoms with Crippen molar-refractivity contribution in [2.24, 2.45) is 0 Å². The van der Waals surface area contributed by atoms with E-state index in [1.165, 1.54) is 31.6 Å². The smallest absolute Gasteiger partial charge is 0.278 e. The molecule has 0 bridgehead atoms. The summed E-state index contributed by atoms with van der Waals surface area (Å²) in [6.07, 6.45) is 4.45. The third-order valence-electron chi connectivity index (χ3n) is 4.72. The molecular weight excluding hydrogens is 377 g/mol. The van der Waals surface area contributed by atoms with Crippen molar-refractivity contribution in [2.75, 3.05) is 20.2 Å². The van der Waals surface area contributed by atoms with Gasteiger partial charge in [-0.05, 0) is 43.2 Å². The highest BCUT2D eigenvalue weighted by molar-refractivity contribution is 5.93. The van der Waals surface area contributed by atoms with Crippen LogP contribution in [-0.2, 0) is 0 Å². The molecule has 9 heteroatoms. The standard InChI is InChI=1S/C20H20FN5O3/c1-28-18-19(23-9-8-22-18)29-15-3-2-10-26(12-15)20(27)17-11-16(24-25-17)13-4-6-14(21)7-5-13/h4-9,11,15H,2-3,10,12H2,1H3,(H,24,25). The number of hydrogen-bond acceptors (Lipinski definition) is 6. The Morgan fingerprint density at radius 3 is 2.72 bits per heavy atom. The van der Waals surface area contributed by atoms with Crippen molar-refractivity contribution in [2.45, 2.75) is 18.9 Å². The maximum Gasteiger partial charge on any atom is 0.278 e. The van der Waals surface area contributed by atoms with Gasteiger partial charge in [-0.2, -0.15) is 5.10 Å². The summed E-state index contributed by atoms with van der Waals surface area (Å²) < 4.78 is 24.2. The van der Waals surface area contributed by atoms with Gasteiger partial charge in [-0.25, -0.2) is 14.4 Å². The maximum atomic E-state index is 13.1. The molecule has 8 nitrogen and oxygen atoms in total. The number of nitrogens with one attached hydrogen (secondary N) is 1. The van der Waals surface area contributed by atoms with Gasteiger partial charge in [0.1, 0.15) is 17.6 Å². The Kier molecular flexibility index (Phi) is 5.37. The molecule has 1 aliphatic heterocycles. The monoisotopic (exact) mass is 397 g/mol. The summed E-state index contributed by atoms with van der Waals surface area (Å²) in [6, 6.07) is 7.64. The molecule has 1 saturated heterocycles. The normalized spacial score (nSPS) is 16.5. The summed E-state index contributed by atoms with van der Waals surface area (Å²) in [4.78, 5) is 22.9. The Morgan fingerprint density at radius 1 is 1.21 bits per heavy atom. The van der Waals surface area contributed by atoms with Gasteiger partial charge in [0.2, 0.25) is 0 Å². The Bertz CT molecular complexity index is 992. The Morgan fingerprint density at radius 2 is 1.97 bits per heavy atom. The first-order valence-electron chi connectivity index (χ1n) is 9.26. The SMILES string of the molecule is COc1nccnc1OC1CCCN(C(=O)c2cc(-c3ccc(F)cc3)n[nH]2)C1.